The quantitative estimate of drug-likeness (QED) is 0.781. The van der Waals surface area contributed by atoms with Gasteiger partial charge < -0.3 is 0 Å². The molecule has 0 aromatic heterocycles. The number of benzene rings is 1. The Labute approximate surface area is 87.3 Å². The van der Waals surface area contributed by atoms with Crippen LogP contribution >= 0.6 is 0 Å². The molecular weight excluding hydrogens is 221 g/mol. The maximum absolute atomic E-state index is 12.7. The topological polar surface area (TPSA) is 55.4 Å². The van der Waals surface area contributed by atoms with E-state index in [0.29, 0.717) is 5.56 Å². The molecule has 0 spiro atoms. The predicted molar refractivity (Wildman–Crippen MR) is 51.8 cm³/mol. The number of nitrogens with one attached hydrogen (secondary N) is 1. The monoisotopic (exact) mass is 231 g/mol. The van der Waals surface area contributed by atoms with Crippen LogP contribution in [0.4, 0.5) is 4.39 Å². The highest BCUT2D eigenvalue weighted by Gasteiger charge is 2.40. The van der Waals surface area contributed by atoms with E-state index in [1.807, 2.05) is 0 Å². The number of hydrogen-bond acceptors (Lipinski definition) is 3. The van der Waals surface area contributed by atoms with E-state index in [0.717, 1.165) is 0 Å². The van der Waals surface area contributed by atoms with Crippen molar-refractivity contribution in [3.05, 3.63) is 35.6 Å². The summed E-state index contributed by atoms with van der Waals surface area (Å²) in [6, 6.07) is 5.64. The molecule has 0 bridgehead atoms. The molecule has 1 aliphatic heterocycles. The molecule has 15 heavy (non-hydrogen) atoms. The Bertz CT molecular complexity index is 471. The maximum atomic E-state index is 12.7. The van der Waals surface area contributed by atoms with E-state index in [2.05, 4.69) is 8.91 Å². The molecule has 82 valence electrons. The largest absolute Gasteiger partial charge is 0.336 e. The average molecular weight is 231 g/mol. The van der Waals surface area contributed by atoms with Gasteiger partial charge >= 0.3 is 10.3 Å². The van der Waals surface area contributed by atoms with Gasteiger partial charge in [0.2, 0.25) is 0 Å². The molecule has 6 heteroatoms. The fourth-order valence-corrected chi connectivity index (χ4v) is 2.67. The molecular formula is C9H10FNO3S. The second-order valence-electron chi connectivity index (χ2n) is 3.66. The molecule has 0 aliphatic carbocycles. The van der Waals surface area contributed by atoms with E-state index >= 15 is 0 Å². The van der Waals surface area contributed by atoms with Crippen molar-refractivity contribution in [2.45, 2.75) is 12.5 Å². The summed E-state index contributed by atoms with van der Waals surface area (Å²) in [7, 11) is -3.66. The van der Waals surface area contributed by atoms with Gasteiger partial charge in [0.05, 0.1) is 12.1 Å². The first-order chi connectivity index (χ1) is 6.91. The molecule has 1 unspecified atom stereocenters. The lowest BCUT2D eigenvalue weighted by Gasteiger charge is -2.20. The molecule has 0 amide bonds. The van der Waals surface area contributed by atoms with Crippen molar-refractivity contribution in [1.29, 1.82) is 0 Å². The minimum absolute atomic E-state index is 0.0148. The van der Waals surface area contributed by atoms with Gasteiger partial charge in [0.1, 0.15) is 5.82 Å². The Morgan fingerprint density at radius 3 is 2.47 bits per heavy atom. The average Bonchev–Trinajstić information content (AvgIpc) is 2.43. The highest BCUT2D eigenvalue weighted by Crippen LogP contribution is 2.27. The molecule has 1 heterocycles. The zero-order valence-electron chi connectivity index (χ0n) is 8.03. The molecule has 1 aromatic carbocycles. The van der Waals surface area contributed by atoms with E-state index in [1.165, 1.54) is 24.3 Å². The van der Waals surface area contributed by atoms with Crippen LogP contribution in [0.2, 0.25) is 0 Å². The fraction of sp³-hybridized carbons (Fsp3) is 0.333. The normalized spacial score (nSPS) is 29.2. The van der Waals surface area contributed by atoms with Gasteiger partial charge in [0, 0.05) is 0 Å². The van der Waals surface area contributed by atoms with Crippen molar-refractivity contribution in [3.63, 3.8) is 0 Å². The first kappa shape index (κ1) is 10.5. The summed E-state index contributed by atoms with van der Waals surface area (Å²) in [4.78, 5) is 0. The molecule has 1 aliphatic rings. The summed E-state index contributed by atoms with van der Waals surface area (Å²) in [6.07, 6.45) is 0. The van der Waals surface area contributed by atoms with Crippen molar-refractivity contribution in [3.8, 4) is 0 Å². The Kier molecular flexibility index (Phi) is 2.29. The van der Waals surface area contributed by atoms with E-state index in [4.69, 9.17) is 0 Å². The van der Waals surface area contributed by atoms with Crippen molar-refractivity contribution < 1.29 is 17.0 Å². The second kappa shape index (κ2) is 3.26. The third-order valence-corrected chi connectivity index (χ3v) is 3.46. The standard InChI is InChI=1S/C9H10FNO3S/c1-9(6-14-15(12,13)11-9)7-2-4-8(10)5-3-7/h2-5,11H,6H2,1H3. The van der Waals surface area contributed by atoms with Gasteiger partial charge in [0.15, 0.2) is 0 Å². The zero-order chi connectivity index (χ0) is 11.1. The molecule has 1 N–H and O–H groups in total. The summed E-state index contributed by atoms with van der Waals surface area (Å²) < 4.78 is 41.8. The molecule has 1 saturated heterocycles. The third kappa shape index (κ3) is 2.01. The number of rotatable bonds is 1. The van der Waals surface area contributed by atoms with Crippen LogP contribution in [0.3, 0.4) is 0 Å². The first-order valence-electron chi connectivity index (χ1n) is 4.36. The Morgan fingerprint density at radius 2 is 2.00 bits per heavy atom. The third-order valence-electron chi connectivity index (χ3n) is 2.33. The Morgan fingerprint density at radius 1 is 1.40 bits per heavy atom. The minimum Gasteiger partial charge on any atom is -0.256 e. The highest BCUT2D eigenvalue weighted by molar-refractivity contribution is 7.85. The van der Waals surface area contributed by atoms with Gasteiger partial charge in [-0.2, -0.15) is 13.1 Å². The summed E-state index contributed by atoms with van der Waals surface area (Å²) in [5.41, 5.74) is -0.142. The van der Waals surface area contributed by atoms with Crippen molar-refractivity contribution >= 4 is 10.3 Å². The van der Waals surface area contributed by atoms with Crippen LogP contribution < -0.4 is 4.72 Å². The first-order valence-corrected chi connectivity index (χ1v) is 5.76. The van der Waals surface area contributed by atoms with Gasteiger partial charge in [-0.05, 0) is 24.6 Å². The fourth-order valence-electron chi connectivity index (χ4n) is 1.49. The lowest BCUT2D eigenvalue weighted by atomic mass is 9.94. The predicted octanol–water partition coefficient (Wildman–Crippen LogP) is 0.905. The molecule has 1 aromatic rings. The minimum atomic E-state index is -3.66. The van der Waals surface area contributed by atoms with Crippen LogP contribution in [0.5, 0.6) is 0 Å². The van der Waals surface area contributed by atoms with Crippen molar-refractivity contribution in [2.75, 3.05) is 6.61 Å². The molecule has 0 radical (unpaired) electrons. The van der Waals surface area contributed by atoms with Crippen LogP contribution in [0.15, 0.2) is 24.3 Å². The Hall–Kier alpha value is -0.980. The Balaban J connectivity index is 2.35. The van der Waals surface area contributed by atoms with Crippen LogP contribution in [0.25, 0.3) is 0 Å². The second-order valence-corrected chi connectivity index (χ2v) is 5.01. The van der Waals surface area contributed by atoms with Gasteiger partial charge in [0.25, 0.3) is 0 Å². The molecule has 1 atom stereocenters. The summed E-state index contributed by atoms with van der Waals surface area (Å²) in [6.45, 7) is 1.70. The smallest absolute Gasteiger partial charge is 0.256 e. The van der Waals surface area contributed by atoms with Crippen molar-refractivity contribution in [1.82, 2.24) is 4.72 Å². The van der Waals surface area contributed by atoms with Crippen LogP contribution in [-0.4, -0.2) is 15.0 Å². The molecule has 4 nitrogen and oxygen atoms in total. The molecule has 0 saturated carbocycles. The van der Waals surface area contributed by atoms with Crippen LogP contribution in [0, 0.1) is 5.82 Å². The lowest BCUT2D eigenvalue weighted by Crippen LogP contribution is -2.37. The number of halogens is 1. The van der Waals surface area contributed by atoms with Crippen molar-refractivity contribution in [2.24, 2.45) is 0 Å². The molecule has 1 fully saturated rings. The zero-order valence-corrected chi connectivity index (χ0v) is 8.84. The summed E-state index contributed by atoms with van der Waals surface area (Å²) in [5.74, 6) is -0.357. The van der Waals surface area contributed by atoms with Gasteiger partial charge in [-0.1, -0.05) is 12.1 Å². The molecule has 2 rings (SSSR count). The van der Waals surface area contributed by atoms with Crippen LogP contribution in [-0.2, 0) is 20.0 Å². The summed E-state index contributed by atoms with van der Waals surface area (Å²) in [5, 5.41) is 0. The van der Waals surface area contributed by atoms with E-state index in [9.17, 15) is 12.8 Å². The van der Waals surface area contributed by atoms with Gasteiger partial charge in [-0.25, -0.2) is 4.39 Å². The van der Waals surface area contributed by atoms with Gasteiger partial charge in [-0.3, -0.25) is 4.18 Å². The van der Waals surface area contributed by atoms with Crippen LogP contribution in [0.1, 0.15) is 12.5 Å². The lowest BCUT2D eigenvalue weighted by molar-refractivity contribution is 0.286. The summed E-state index contributed by atoms with van der Waals surface area (Å²) >= 11 is 0. The van der Waals surface area contributed by atoms with E-state index in [-0.39, 0.29) is 12.4 Å². The SMILES string of the molecule is CC1(c2ccc(F)cc2)COS(=O)(=O)N1. The maximum Gasteiger partial charge on any atom is 0.336 e. The number of hydrogen-bond donors (Lipinski definition) is 1. The van der Waals surface area contributed by atoms with Gasteiger partial charge in [-0.15, -0.1) is 0 Å². The highest BCUT2D eigenvalue weighted by atomic mass is 32.2. The van der Waals surface area contributed by atoms with E-state index in [1.54, 1.807) is 6.92 Å². The van der Waals surface area contributed by atoms with E-state index < -0.39 is 15.8 Å².